The van der Waals surface area contributed by atoms with E-state index in [1.807, 2.05) is 6.92 Å². The van der Waals surface area contributed by atoms with Crippen LogP contribution in [0.1, 0.15) is 47.0 Å². The van der Waals surface area contributed by atoms with Crippen LogP contribution in [0.25, 0.3) is 0 Å². The van der Waals surface area contributed by atoms with Crippen molar-refractivity contribution in [2.45, 2.75) is 63.4 Å². The Hall–Kier alpha value is -2.66. The van der Waals surface area contributed by atoms with Gasteiger partial charge in [-0.05, 0) is 51.0 Å². The first-order valence-corrected chi connectivity index (χ1v) is 12.2. The summed E-state index contributed by atoms with van der Waals surface area (Å²) in [6, 6.07) is 4.58. The smallest absolute Gasteiger partial charge is 0.325 e. The molecule has 1 fully saturated rings. The number of amides is 4. The van der Waals surface area contributed by atoms with Crippen LogP contribution in [0.15, 0.2) is 29.2 Å². The van der Waals surface area contributed by atoms with Crippen molar-refractivity contribution < 1.29 is 32.7 Å². The van der Waals surface area contributed by atoms with Gasteiger partial charge in [0, 0.05) is 6.04 Å². The number of carbonyl (C=O) groups is 3. The van der Waals surface area contributed by atoms with E-state index in [1.54, 1.807) is 13.8 Å². The lowest BCUT2D eigenvalue weighted by Crippen LogP contribution is -2.61. The van der Waals surface area contributed by atoms with Crippen LogP contribution in [0.4, 0.5) is 4.79 Å². The van der Waals surface area contributed by atoms with Crippen LogP contribution >= 0.6 is 0 Å². The molecule has 32 heavy (non-hydrogen) atoms. The molecule has 11 heteroatoms. The summed E-state index contributed by atoms with van der Waals surface area (Å²) >= 11 is 0. The molecule has 0 aromatic heterocycles. The molecule has 1 aromatic rings. The third-order valence-electron chi connectivity index (χ3n) is 5.87. The summed E-state index contributed by atoms with van der Waals surface area (Å²) in [7, 11) is -4.07. The summed E-state index contributed by atoms with van der Waals surface area (Å²) in [6.07, 6.45) is 2.29. The van der Waals surface area contributed by atoms with Gasteiger partial charge in [0.2, 0.25) is 5.91 Å². The van der Waals surface area contributed by atoms with Crippen molar-refractivity contribution in [2.24, 2.45) is 5.92 Å². The van der Waals surface area contributed by atoms with E-state index >= 15 is 0 Å². The predicted octanol–water partition coefficient (Wildman–Crippen LogP) is 1.87. The molecule has 2 rings (SSSR count). The second kappa shape index (κ2) is 10.3. The van der Waals surface area contributed by atoms with Crippen LogP contribution in [-0.2, 0) is 19.4 Å². The molecule has 3 unspecified atom stereocenters. The Morgan fingerprint density at radius 2 is 1.88 bits per heavy atom. The molecular weight excluding hydrogens is 438 g/mol. The second-order valence-corrected chi connectivity index (χ2v) is 10.1. The lowest BCUT2D eigenvalue weighted by molar-refractivity contribution is -0.143. The Balaban J connectivity index is 2.39. The zero-order valence-electron chi connectivity index (χ0n) is 18.8. The number of carbonyl (C=O) groups excluding carboxylic acids is 3. The minimum Gasteiger partial charge on any atom is -0.494 e. The minimum atomic E-state index is -4.07. The number of urea groups is 1. The van der Waals surface area contributed by atoms with Gasteiger partial charge in [0.25, 0.3) is 5.91 Å². The molecule has 0 spiro atoms. The van der Waals surface area contributed by atoms with E-state index in [1.165, 1.54) is 41.6 Å². The summed E-state index contributed by atoms with van der Waals surface area (Å²) in [4.78, 5) is 38.8. The third-order valence-corrected chi connectivity index (χ3v) is 7.63. The maximum absolute atomic E-state index is 13.1. The van der Waals surface area contributed by atoms with Crippen molar-refractivity contribution in [1.82, 2.24) is 15.7 Å². The number of nitrogens with zero attached hydrogens (tertiary/aromatic N) is 1. The van der Waals surface area contributed by atoms with Crippen molar-refractivity contribution in [2.75, 3.05) is 12.4 Å². The largest absolute Gasteiger partial charge is 0.494 e. The highest BCUT2D eigenvalue weighted by Crippen LogP contribution is 2.35. The topological polar surface area (TPSA) is 142 Å². The van der Waals surface area contributed by atoms with E-state index in [0.29, 0.717) is 18.8 Å². The van der Waals surface area contributed by atoms with Gasteiger partial charge in [-0.3, -0.25) is 20.1 Å². The van der Waals surface area contributed by atoms with Gasteiger partial charge in [0.05, 0.1) is 23.2 Å². The second-order valence-electron chi connectivity index (χ2n) is 8.02. The molecule has 3 N–H and O–H groups in total. The number of imide groups is 1. The number of benzene rings is 1. The lowest BCUT2D eigenvalue weighted by Gasteiger charge is -2.40. The van der Waals surface area contributed by atoms with Gasteiger partial charge in [-0.2, -0.15) is 0 Å². The van der Waals surface area contributed by atoms with Gasteiger partial charge < -0.3 is 9.64 Å². The zero-order valence-corrected chi connectivity index (χ0v) is 19.6. The highest BCUT2D eigenvalue weighted by molar-refractivity contribution is 7.91. The number of sulfone groups is 1. The molecular formula is C21H31N3O7S. The van der Waals surface area contributed by atoms with Gasteiger partial charge >= 0.3 is 6.03 Å². The van der Waals surface area contributed by atoms with Crippen LogP contribution in [0.3, 0.4) is 0 Å². The summed E-state index contributed by atoms with van der Waals surface area (Å²) < 4.78 is 31.8. The first kappa shape index (κ1) is 25.6. The van der Waals surface area contributed by atoms with E-state index in [9.17, 15) is 28.0 Å². The number of ether oxygens (including phenoxy) is 1. The van der Waals surface area contributed by atoms with Crippen LogP contribution in [0.2, 0.25) is 0 Å². The molecule has 1 aliphatic heterocycles. The number of hydrogen-bond donors (Lipinski definition) is 3. The first-order chi connectivity index (χ1) is 15.0. The van der Waals surface area contributed by atoms with Gasteiger partial charge in [-0.25, -0.2) is 18.7 Å². The molecule has 1 saturated heterocycles. The minimum absolute atomic E-state index is 0.0699. The Labute approximate surface area is 188 Å². The maximum atomic E-state index is 13.1. The summed E-state index contributed by atoms with van der Waals surface area (Å²) in [5, 5.41) is 11.4. The van der Waals surface area contributed by atoms with Crippen LogP contribution in [-0.4, -0.2) is 60.3 Å². The molecule has 0 aliphatic carbocycles. The number of hydrogen-bond acceptors (Lipinski definition) is 7. The monoisotopic (exact) mass is 469 g/mol. The zero-order chi connectivity index (χ0) is 24.1. The quantitative estimate of drug-likeness (QED) is 0.194. The highest BCUT2D eigenvalue weighted by Gasteiger charge is 2.58. The molecule has 0 radical (unpaired) electrons. The fourth-order valence-corrected chi connectivity index (χ4v) is 5.39. The SMILES string of the molecule is CCCCOc1ccc(S(=O)(=O)CC(C(=O)NO)C2(C)C(=O)NC(=O)N2C(C)CC)cc1. The Bertz CT molecular complexity index is 949. The molecule has 1 aromatic carbocycles. The molecule has 10 nitrogen and oxygen atoms in total. The molecule has 0 bridgehead atoms. The van der Waals surface area contributed by atoms with E-state index in [0.717, 1.165) is 12.8 Å². The summed E-state index contributed by atoms with van der Waals surface area (Å²) in [5.74, 6) is -3.71. The van der Waals surface area contributed by atoms with E-state index in [4.69, 9.17) is 4.74 Å². The van der Waals surface area contributed by atoms with Crippen molar-refractivity contribution in [3.05, 3.63) is 24.3 Å². The van der Waals surface area contributed by atoms with E-state index < -0.39 is 50.9 Å². The lowest BCUT2D eigenvalue weighted by atomic mass is 9.83. The number of rotatable bonds is 11. The molecule has 0 saturated carbocycles. The third kappa shape index (κ3) is 5.04. The number of unbranched alkanes of at least 4 members (excludes halogenated alkanes) is 1. The number of nitrogens with one attached hydrogen (secondary N) is 2. The number of hydroxylamine groups is 1. The van der Waals surface area contributed by atoms with E-state index in [2.05, 4.69) is 5.32 Å². The molecule has 1 aliphatic rings. The predicted molar refractivity (Wildman–Crippen MR) is 116 cm³/mol. The van der Waals surface area contributed by atoms with Gasteiger partial charge in [0.1, 0.15) is 11.3 Å². The average molecular weight is 470 g/mol. The van der Waals surface area contributed by atoms with Crippen molar-refractivity contribution in [3.63, 3.8) is 0 Å². The van der Waals surface area contributed by atoms with Gasteiger partial charge in [-0.15, -0.1) is 0 Å². The van der Waals surface area contributed by atoms with Gasteiger partial charge in [-0.1, -0.05) is 20.3 Å². The van der Waals surface area contributed by atoms with Crippen LogP contribution in [0.5, 0.6) is 5.75 Å². The molecule has 1 heterocycles. The Kier molecular flexibility index (Phi) is 8.24. The molecule has 3 atom stereocenters. The van der Waals surface area contributed by atoms with E-state index in [-0.39, 0.29) is 4.90 Å². The molecule has 178 valence electrons. The summed E-state index contributed by atoms with van der Waals surface area (Å²) in [5.41, 5.74) is -0.359. The summed E-state index contributed by atoms with van der Waals surface area (Å²) in [6.45, 7) is 7.35. The van der Waals surface area contributed by atoms with Crippen molar-refractivity contribution in [3.8, 4) is 5.75 Å². The molecule has 4 amide bonds. The van der Waals surface area contributed by atoms with Crippen molar-refractivity contribution in [1.29, 1.82) is 0 Å². The average Bonchev–Trinajstić information content (AvgIpc) is 3.00. The Morgan fingerprint density at radius 1 is 1.25 bits per heavy atom. The Morgan fingerprint density at radius 3 is 2.41 bits per heavy atom. The normalized spacial score (nSPS) is 20.6. The van der Waals surface area contributed by atoms with Crippen LogP contribution < -0.4 is 15.5 Å². The van der Waals surface area contributed by atoms with Crippen LogP contribution in [0, 0.1) is 5.92 Å². The van der Waals surface area contributed by atoms with Gasteiger partial charge in [0.15, 0.2) is 9.84 Å². The fourth-order valence-electron chi connectivity index (χ4n) is 3.74. The standard InChI is InChI=1S/C21H31N3O7S/c1-5-7-12-31-15-8-10-16(11-9-15)32(29,30)13-17(18(25)23-28)21(4)19(26)22-20(27)24(21)14(3)6-2/h8-11,14,17,28H,5-7,12-13H2,1-4H3,(H,23,25)(H,22,26,27). The first-order valence-electron chi connectivity index (χ1n) is 10.6. The van der Waals surface area contributed by atoms with Crippen molar-refractivity contribution >= 4 is 27.7 Å². The maximum Gasteiger partial charge on any atom is 0.325 e. The highest BCUT2D eigenvalue weighted by atomic mass is 32.2. The fraction of sp³-hybridized carbons (Fsp3) is 0.571.